The zero-order valence-electron chi connectivity index (χ0n) is 7.63. The molecule has 0 amide bonds. The van der Waals surface area contributed by atoms with Crippen molar-refractivity contribution in [2.45, 2.75) is 6.43 Å². The topological polar surface area (TPSA) is 60.2 Å². The van der Waals surface area contributed by atoms with E-state index in [1.165, 1.54) is 7.11 Å². The quantitative estimate of drug-likeness (QED) is 0.775. The lowest BCUT2D eigenvalue weighted by Gasteiger charge is -2.08. The molecule has 0 radical (unpaired) electrons. The van der Waals surface area contributed by atoms with Crippen molar-refractivity contribution in [3.05, 3.63) is 12.1 Å². The Kier molecular flexibility index (Phi) is 3.44. The summed E-state index contributed by atoms with van der Waals surface area (Å²) in [6.45, 7) is -0.482. The minimum atomic E-state index is -2.44. The van der Waals surface area contributed by atoms with Crippen LogP contribution in [-0.2, 0) is 0 Å². The zero-order chi connectivity index (χ0) is 10.6. The lowest BCUT2D eigenvalue weighted by molar-refractivity contribution is 0.163. The zero-order valence-corrected chi connectivity index (χ0v) is 7.63. The van der Waals surface area contributed by atoms with E-state index in [1.807, 2.05) is 0 Å². The van der Waals surface area contributed by atoms with Gasteiger partial charge in [0.05, 0.1) is 19.3 Å². The minimum Gasteiger partial charge on any atom is -0.481 e. The van der Waals surface area contributed by atoms with E-state index >= 15 is 0 Å². The summed E-state index contributed by atoms with van der Waals surface area (Å²) in [5.41, 5.74) is 5.82. The van der Waals surface area contributed by atoms with Crippen LogP contribution >= 0.6 is 0 Å². The smallest absolute Gasteiger partial charge is 0.255 e. The highest BCUT2D eigenvalue weighted by molar-refractivity contribution is 5.61. The van der Waals surface area contributed by atoms with Crippen molar-refractivity contribution in [2.75, 3.05) is 24.7 Å². The van der Waals surface area contributed by atoms with Crippen LogP contribution < -0.4 is 15.8 Å². The normalized spacial score (nSPS) is 10.3. The van der Waals surface area contributed by atoms with E-state index in [4.69, 9.17) is 10.5 Å². The van der Waals surface area contributed by atoms with Crippen molar-refractivity contribution < 1.29 is 13.5 Å². The average molecular weight is 203 g/mol. The van der Waals surface area contributed by atoms with E-state index in [2.05, 4.69) is 10.3 Å². The van der Waals surface area contributed by atoms with Crippen LogP contribution in [0.5, 0.6) is 5.88 Å². The second kappa shape index (κ2) is 4.59. The highest BCUT2D eigenvalue weighted by Crippen LogP contribution is 2.19. The first-order valence-electron chi connectivity index (χ1n) is 3.96. The number of nitrogens with zero attached hydrogens (tertiary/aromatic N) is 1. The van der Waals surface area contributed by atoms with Crippen LogP contribution in [-0.4, -0.2) is 25.1 Å². The lowest BCUT2D eigenvalue weighted by atomic mass is 10.4. The summed E-state index contributed by atoms with van der Waals surface area (Å²) in [5.74, 6) is 0.542. The van der Waals surface area contributed by atoms with Gasteiger partial charge in [-0.2, -0.15) is 4.98 Å². The molecule has 0 atom stereocenters. The molecule has 0 saturated heterocycles. The van der Waals surface area contributed by atoms with E-state index in [0.29, 0.717) is 11.6 Å². The van der Waals surface area contributed by atoms with Crippen molar-refractivity contribution in [3.63, 3.8) is 0 Å². The Hall–Kier alpha value is -1.59. The fourth-order valence-electron chi connectivity index (χ4n) is 0.881. The molecule has 1 heterocycles. The van der Waals surface area contributed by atoms with Gasteiger partial charge in [0.25, 0.3) is 6.43 Å². The maximum Gasteiger partial charge on any atom is 0.255 e. The number of nitrogen functional groups attached to an aromatic ring is 1. The van der Waals surface area contributed by atoms with Gasteiger partial charge in [-0.15, -0.1) is 0 Å². The first-order valence-corrected chi connectivity index (χ1v) is 3.96. The Labute approximate surface area is 80.1 Å². The Bertz CT molecular complexity index is 307. The van der Waals surface area contributed by atoms with Crippen molar-refractivity contribution in [1.82, 2.24) is 4.98 Å². The van der Waals surface area contributed by atoms with E-state index in [-0.39, 0.29) is 5.82 Å². The number of anilines is 2. The molecule has 0 aliphatic carbocycles. The van der Waals surface area contributed by atoms with E-state index < -0.39 is 13.0 Å². The number of ether oxygens (including phenoxy) is 1. The van der Waals surface area contributed by atoms with Gasteiger partial charge in [-0.25, -0.2) is 8.78 Å². The standard InChI is InChI=1S/C8H11F2N3O/c1-14-7-3-2-5(11)8(13-7)12-4-6(9)10/h2-3,6H,4,11H2,1H3,(H,12,13). The lowest BCUT2D eigenvalue weighted by Crippen LogP contribution is -2.12. The molecule has 0 saturated carbocycles. The van der Waals surface area contributed by atoms with Crippen LogP contribution in [0.3, 0.4) is 0 Å². The number of halogens is 2. The number of aromatic nitrogens is 1. The van der Waals surface area contributed by atoms with Crippen molar-refractivity contribution in [1.29, 1.82) is 0 Å². The molecular weight excluding hydrogens is 192 g/mol. The van der Waals surface area contributed by atoms with Gasteiger partial charge in [0.15, 0.2) is 5.82 Å². The number of hydrogen-bond donors (Lipinski definition) is 2. The molecule has 6 heteroatoms. The first-order chi connectivity index (χ1) is 6.63. The fourth-order valence-corrected chi connectivity index (χ4v) is 0.881. The van der Waals surface area contributed by atoms with Crippen molar-refractivity contribution in [2.24, 2.45) is 0 Å². The molecule has 0 aliphatic rings. The van der Waals surface area contributed by atoms with E-state index in [0.717, 1.165) is 0 Å². The number of nitrogens with two attached hydrogens (primary N) is 1. The third-order valence-corrected chi connectivity index (χ3v) is 1.53. The monoisotopic (exact) mass is 203 g/mol. The minimum absolute atomic E-state index is 0.213. The number of alkyl halides is 2. The van der Waals surface area contributed by atoms with Crippen LogP contribution in [0.4, 0.5) is 20.3 Å². The predicted molar refractivity (Wildman–Crippen MR) is 49.7 cm³/mol. The predicted octanol–water partition coefficient (Wildman–Crippen LogP) is 1.35. The third kappa shape index (κ3) is 2.72. The van der Waals surface area contributed by atoms with Gasteiger partial charge in [0.1, 0.15) is 0 Å². The Balaban J connectivity index is 2.73. The Morgan fingerprint density at radius 2 is 2.29 bits per heavy atom. The summed E-state index contributed by atoms with van der Waals surface area (Å²) < 4.78 is 28.6. The van der Waals surface area contributed by atoms with E-state index in [9.17, 15) is 8.78 Å². The summed E-state index contributed by atoms with van der Waals surface area (Å²) >= 11 is 0. The summed E-state index contributed by atoms with van der Waals surface area (Å²) in [5, 5.41) is 2.42. The second-order valence-corrected chi connectivity index (χ2v) is 2.56. The largest absolute Gasteiger partial charge is 0.481 e. The molecule has 1 aromatic rings. The molecule has 0 aliphatic heterocycles. The number of hydrogen-bond acceptors (Lipinski definition) is 4. The molecule has 4 nitrogen and oxygen atoms in total. The summed E-state index contributed by atoms with van der Waals surface area (Å²) in [6, 6.07) is 3.10. The number of rotatable bonds is 4. The van der Waals surface area contributed by atoms with Crippen LogP contribution in [0, 0.1) is 0 Å². The summed E-state index contributed by atoms with van der Waals surface area (Å²) in [4.78, 5) is 3.87. The fraction of sp³-hybridized carbons (Fsp3) is 0.375. The SMILES string of the molecule is COc1ccc(N)c(NCC(F)F)n1. The van der Waals surface area contributed by atoms with Gasteiger partial charge >= 0.3 is 0 Å². The molecule has 0 fully saturated rings. The van der Waals surface area contributed by atoms with Gasteiger partial charge in [-0.05, 0) is 6.07 Å². The van der Waals surface area contributed by atoms with Gasteiger partial charge in [-0.3, -0.25) is 0 Å². The van der Waals surface area contributed by atoms with Crippen LogP contribution in [0.2, 0.25) is 0 Å². The van der Waals surface area contributed by atoms with Crippen LogP contribution in [0.15, 0.2) is 12.1 Å². The van der Waals surface area contributed by atoms with E-state index in [1.54, 1.807) is 12.1 Å². The second-order valence-electron chi connectivity index (χ2n) is 2.56. The van der Waals surface area contributed by atoms with Gasteiger partial charge in [0, 0.05) is 6.07 Å². The third-order valence-electron chi connectivity index (χ3n) is 1.53. The maximum atomic E-state index is 11.9. The number of pyridine rings is 1. The number of nitrogens with one attached hydrogen (secondary N) is 1. The molecule has 3 N–H and O–H groups in total. The summed E-state index contributed by atoms with van der Waals surface area (Å²) in [7, 11) is 1.44. The molecule has 0 aromatic carbocycles. The molecule has 14 heavy (non-hydrogen) atoms. The molecule has 0 spiro atoms. The van der Waals surface area contributed by atoms with Crippen molar-refractivity contribution in [3.8, 4) is 5.88 Å². The molecule has 0 unspecified atom stereocenters. The average Bonchev–Trinajstić information content (AvgIpc) is 2.16. The molecule has 1 rings (SSSR count). The maximum absolute atomic E-state index is 11.9. The van der Waals surface area contributed by atoms with Crippen molar-refractivity contribution >= 4 is 11.5 Å². The molecule has 78 valence electrons. The highest BCUT2D eigenvalue weighted by Gasteiger charge is 2.06. The molecule has 1 aromatic heterocycles. The highest BCUT2D eigenvalue weighted by atomic mass is 19.3. The molecular formula is C8H11F2N3O. The van der Waals surface area contributed by atoms with Crippen LogP contribution in [0.25, 0.3) is 0 Å². The Morgan fingerprint density at radius 1 is 1.57 bits per heavy atom. The molecule has 0 bridgehead atoms. The van der Waals surface area contributed by atoms with Gasteiger partial charge < -0.3 is 15.8 Å². The first kappa shape index (κ1) is 10.5. The number of methoxy groups -OCH3 is 1. The Morgan fingerprint density at radius 3 is 2.86 bits per heavy atom. The van der Waals surface area contributed by atoms with Gasteiger partial charge in [-0.1, -0.05) is 0 Å². The van der Waals surface area contributed by atoms with Gasteiger partial charge in [0.2, 0.25) is 5.88 Å². The summed E-state index contributed by atoms with van der Waals surface area (Å²) in [6.07, 6.45) is -2.44. The van der Waals surface area contributed by atoms with Crippen LogP contribution in [0.1, 0.15) is 0 Å².